The topological polar surface area (TPSA) is 12.9 Å². The highest BCUT2D eigenvalue weighted by molar-refractivity contribution is 6.31. The van der Waals surface area contributed by atoms with Crippen molar-refractivity contribution < 1.29 is 0 Å². The van der Waals surface area contributed by atoms with E-state index < -0.39 is 0 Å². The molecule has 0 aromatic carbocycles. The average Bonchev–Trinajstić information content (AvgIpc) is 2.17. The molecule has 0 N–H and O–H groups in total. The lowest BCUT2D eigenvalue weighted by Crippen LogP contribution is -2.07. The Balaban J connectivity index is 2.45. The molecule has 0 bridgehead atoms. The number of nitrogens with zero attached hydrogens (tertiary/aromatic N) is 1. The molecule has 0 saturated carbocycles. The van der Waals surface area contributed by atoms with Crippen molar-refractivity contribution in [2.24, 2.45) is 0 Å². The molecule has 0 amide bonds. The molecule has 2 rings (SSSR count). The van der Waals surface area contributed by atoms with Crippen molar-refractivity contribution in [2.75, 3.05) is 0 Å². The Morgan fingerprint density at radius 3 is 2.93 bits per heavy atom. The third-order valence-electron chi connectivity index (χ3n) is 2.53. The van der Waals surface area contributed by atoms with Gasteiger partial charge in [-0.1, -0.05) is 17.2 Å². The molecule has 3 heteroatoms. The summed E-state index contributed by atoms with van der Waals surface area (Å²) in [6, 6.07) is 1.84. The van der Waals surface area contributed by atoms with Crippen molar-refractivity contribution >= 4 is 29.3 Å². The Hall–Kier alpha value is -0.530. The molecule has 1 aliphatic rings. The summed E-state index contributed by atoms with van der Waals surface area (Å²) in [6.45, 7) is 1.99. The predicted molar refractivity (Wildman–Crippen MR) is 60.9 cm³/mol. The standard InChI is InChI=1S/C11H11Cl2N/c1-7(12)8-2-3-9-10(13)4-5-14-11(9)6-8/h4-7H,2-3H2,1H3. The normalized spacial score (nSPS) is 17.2. The Bertz CT molecular complexity index is 383. The van der Waals surface area contributed by atoms with Gasteiger partial charge in [-0.3, -0.25) is 4.98 Å². The molecule has 0 saturated heterocycles. The molecule has 14 heavy (non-hydrogen) atoms. The molecule has 1 atom stereocenters. The number of rotatable bonds is 1. The SMILES string of the molecule is CC(Cl)C1=Cc2nccc(Cl)c2CC1. The van der Waals surface area contributed by atoms with Crippen LogP contribution in [0.2, 0.25) is 5.02 Å². The highest BCUT2D eigenvalue weighted by atomic mass is 35.5. The number of allylic oxidation sites excluding steroid dienone is 1. The van der Waals surface area contributed by atoms with E-state index in [0.29, 0.717) is 0 Å². The van der Waals surface area contributed by atoms with Crippen LogP contribution in [0.3, 0.4) is 0 Å². The predicted octanol–water partition coefficient (Wildman–Crippen LogP) is 3.69. The van der Waals surface area contributed by atoms with Crippen LogP contribution in [0.25, 0.3) is 6.08 Å². The molecule has 1 aromatic heterocycles. The van der Waals surface area contributed by atoms with Crippen LogP contribution in [0, 0.1) is 0 Å². The Labute approximate surface area is 93.8 Å². The maximum atomic E-state index is 6.07. The maximum absolute atomic E-state index is 6.07. The summed E-state index contributed by atoms with van der Waals surface area (Å²) >= 11 is 12.1. The largest absolute Gasteiger partial charge is 0.256 e. The van der Waals surface area contributed by atoms with Crippen LogP contribution in [0.4, 0.5) is 0 Å². The molecule has 0 fully saturated rings. The van der Waals surface area contributed by atoms with Gasteiger partial charge >= 0.3 is 0 Å². The summed E-state index contributed by atoms with van der Waals surface area (Å²) in [5, 5.41) is 0.899. The molecular formula is C11H11Cl2N. The van der Waals surface area contributed by atoms with Gasteiger partial charge in [-0.2, -0.15) is 0 Å². The zero-order valence-electron chi connectivity index (χ0n) is 7.93. The highest BCUT2D eigenvalue weighted by Crippen LogP contribution is 2.30. The van der Waals surface area contributed by atoms with Crippen molar-refractivity contribution in [3.8, 4) is 0 Å². The Morgan fingerprint density at radius 1 is 1.43 bits per heavy atom. The van der Waals surface area contributed by atoms with Gasteiger partial charge < -0.3 is 0 Å². The Kier molecular flexibility index (Phi) is 2.80. The molecule has 1 aliphatic carbocycles. The first kappa shape index (κ1) is 10.0. The minimum absolute atomic E-state index is 0.0870. The van der Waals surface area contributed by atoms with Crippen LogP contribution in [0.1, 0.15) is 24.6 Å². The molecule has 0 spiro atoms. The minimum atomic E-state index is 0.0870. The second kappa shape index (κ2) is 3.92. The number of aromatic nitrogens is 1. The van der Waals surface area contributed by atoms with Crippen molar-refractivity contribution in [1.82, 2.24) is 4.98 Å². The first-order valence-corrected chi connectivity index (χ1v) is 5.48. The van der Waals surface area contributed by atoms with Crippen LogP contribution >= 0.6 is 23.2 Å². The summed E-state index contributed by atoms with van der Waals surface area (Å²) in [5.41, 5.74) is 3.37. The number of alkyl halides is 1. The molecule has 1 heterocycles. The first-order valence-electron chi connectivity index (χ1n) is 4.66. The summed E-state index contributed by atoms with van der Waals surface area (Å²) in [5.74, 6) is 0. The van der Waals surface area contributed by atoms with E-state index in [9.17, 15) is 0 Å². The van der Waals surface area contributed by atoms with Gasteiger partial charge in [0.05, 0.1) is 11.1 Å². The van der Waals surface area contributed by atoms with Gasteiger partial charge in [-0.05, 0) is 37.5 Å². The molecule has 0 aliphatic heterocycles. The molecule has 74 valence electrons. The third-order valence-corrected chi connectivity index (χ3v) is 3.16. The zero-order valence-corrected chi connectivity index (χ0v) is 9.44. The number of hydrogen-bond acceptors (Lipinski definition) is 1. The van der Waals surface area contributed by atoms with E-state index in [1.807, 2.05) is 13.0 Å². The monoisotopic (exact) mass is 227 g/mol. The third kappa shape index (κ3) is 1.79. The second-order valence-corrected chi connectivity index (χ2v) is 4.55. The van der Waals surface area contributed by atoms with E-state index >= 15 is 0 Å². The van der Waals surface area contributed by atoms with E-state index in [1.54, 1.807) is 6.20 Å². The lowest BCUT2D eigenvalue weighted by atomic mass is 9.94. The van der Waals surface area contributed by atoms with Gasteiger partial charge in [-0.15, -0.1) is 11.6 Å². The van der Waals surface area contributed by atoms with E-state index in [1.165, 1.54) is 5.57 Å². The van der Waals surface area contributed by atoms with Gasteiger partial charge in [-0.25, -0.2) is 0 Å². The van der Waals surface area contributed by atoms with Gasteiger partial charge in [0.25, 0.3) is 0 Å². The summed E-state index contributed by atoms with van der Waals surface area (Å²) in [7, 11) is 0. The van der Waals surface area contributed by atoms with Gasteiger partial charge in [0.15, 0.2) is 0 Å². The van der Waals surface area contributed by atoms with E-state index in [2.05, 4.69) is 11.1 Å². The number of pyridine rings is 1. The summed E-state index contributed by atoms with van der Waals surface area (Å²) < 4.78 is 0. The Morgan fingerprint density at radius 2 is 2.21 bits per heavy atom. The fraction of sp³-hybridized carbons (Fsp3) is 0.364. The minimum Gasteiger partial charge on any atom is -0.256 e. The lowest BCUT2D eigenvalue weighted by Gasteiger charge is -2.17. The summed E-state index contributed by atoms with van der Waals surface area (Å²) in [6.07, 6.45) is 5.73. The first-order chi connectivity index (χ1) is 6.68. The van der Waals surface area contributed by atoms with Gasteiger partial charge in [0, 0.05) is 11.2 Å². The van der Waals surface area contributed by atoms with Gasteiger partial charge in [0.2, 0.25) is 0 Å². The van der Waals surface area contributed by atoms with Crippen LogP contribution in [0.15, 0.2) is 17.8 Å². The van der Waals surface area contributed by atoms with Gasteiger partial charge in [0.1, 0.15) is 0 Å². The maximum Gasteiger partial charge on any atom is 0.0676 e. The quantitative estimate of drug-likeness (QED) is 0.668. The van der Waals surface area contributed by atoms with E-state index in [4.69, 9.17) is 23.2 Å². The average molecular weight is 228 g/mol. The molecule has 1 aromatic rings. The second-order valence-electron chi connectivity index (χ2n) is 3.49. The molecule has 0 radical (unpaired) electrons. The van der Waals surface area contributed by atoms with Crippen LogP contribution in [-0.2, 0) is 6.42 Å². The lowest BCUT2D eigenvalue weighted by molar-refractivity contribution is 0.869. The van der Waals surface area contributed by atoms with Crippen LogP contribution < -0.4 is 0 Å². The summed E-state index contributed by atoms with van der Waals surface area (Å²) in [4.78, 5) is 4.29. The number of fused-ring (bicyclic) bond motifs is 1. The fourth-order valence-electron chi connectivity index (χ4n) is 1.69. The highest BCUT2D eigenvalue weighted by Gasteiger charge is 2.16. The smallest absolute Gasteiger partial charge is 0.0676 e. The molecule has 1 unspecified atom stereocenters. The number of halogens is 2. The fourth-order valence-corrected chi connectivity index (χ4v) is 2.11. The van der Waals surface area contributed by atoms with Crippen LogP contribution in [-0.4, -0.2) is 10.4 Å². The molecule has 1 nitrogen and oxygen atoms in total. The van der Waals surface area contributed by atoms with Crippen molar-refractivity contribution in [3.63, 3.8) is 0 Å². The zero-order chi connectivity index (χ0) is 10.1. The number of hydrogen-bond donors (Lipinski definition) is 0. The van der Waals surface area contributed by atoms with E-state index in [0.717, 1.165) is 29.1 Å². The molecular weight excluding hydrogens is 217 g/mol. The van der Waals surface area contributed by atoms with Crippen molar-refractivity contribution in [1.29, 1.82) is 0 Å². The van der Waals surface area contributed by atoms with Crippen LogP contribution in [0.5, 0.6) is 0 Å². The van der Waals surface area contributed by atoms with E-state index in [-0.39, 0.29) is 5.38 Å². The van der Waals surface area contributed by atoms with Crippen molar-refractivity contribution in [3.05, 3.63) is 34.1 Å². The van der Waals surface area contributed by atoms with Crippen molar-refractivity contribution in [2.45, 2.75) is 25.1 Å².